The lowest BCUT2D eigenvalue weighted by atomic mass is 9.97. The maximum atomic E-state index is 12.3. The van der Waals surface area contributed by atoms with E-state index in [-0.39, 0.29) is 4.90 Å². The van der Waals surface area contributed by atoms with Gasteiger partial charge in [-0.3, -0.25) is 0 Å². The number of halogens is 1. The highest BCUT2D eigenvalue weighted by Crippen LogP contribution is 2.25. The minimum Gasteiger partial charge on any atom is -0.380 e. The number of hydrogen-bond acceptors (Lipinski definition) is 3. The van der Waals surface area contributed by atoms with Crippen LogP contribution in [0.3, 0.4) is 0 Å². The summed E-state index contributed by atoms with van der Waals surface area (Å²) in [4.78, 5) is 0.261. The summed E-state index contributed by atoms with van der Waals surface area (Å²) in [6.07, 6.45) is 1.66. The molecule has 0 bridgehead atoms. The zero-order chi connectivity index (χ0) is 13.2. The highest BCUT2D eigenvalue weighted by Gasteiger charge is 2.33. The minimum atomic E-state index is -3.53. The van der Waals surface area contributed by atoms with Crippen LogP contribution in [0.2, 0.25) is 0 Å². The van der Waals surface area contributed by atoms with Gasteiger partial charge in [-0.25, -0.2) is 13.1 Å². The van der Waals surface area contributed by atoms with E-state index in [0.717, 1.165) is 12.8 Å². The monoisotopic (exact) mass is 333 g/mol. The molecule has 0 aliphatic carbocycles. The van der Waals surface area contributed by atoms with Crippen LogP contribution in [0.1, 0.15) is 19.8 Å². The molecule has 1 atom stereocenters. The van der Waals surface area contributed by atoms with Gasteiger partial charge in [-0.1, -0.05) is 12.1 Å². The van der Waals surface area contributed by atoms with Crippen LogP contribution in [0, 0.1) is 0 Å². The van der Waals surface area contributed by atoms with Gasteiger partial charge in [0, 0.05) is 11.1 Å². The van der Waals surface area contributed by atoms with Crippen molar-refractivity contribution in [2.45, 2.75) is 30.2 Å². The Kier molecular flexibility index (Phi) is 4.11. The van der Waals surface area contributed by atoms with E-state index in [0.29, 0.717) is 17.7 Å². The fourth-order valence-electron chi connectivity index (χ4n) is 2.06. The summed E-state index contributed by atoms with van der Waals surface area (Å²) in [5.74, 6) is 0. The Hall–Kier alpha value is -0.430. The van der Waals surface area contributed by atoms with Crippen molar-refractivity contribution >= 4 is 26.0 Å². The second kappa shape index (κ2) is 5.28. The maximum absolute atomic E-state index is 12.3. The summed E-state index contributed by atoms with van der Waals surface area (Å²) in [7, 11) is -3.53. The summed E-state index contributed by atoms with van der Waals surface area (Å²) in [6.45, 7) is 2.99. The lowest BCUT2D eigenvalue weighted by Crippen LogP contribution is -2.51. The molecule has 1 unspecified atom stereocenters. The van der Waals surface area contributed by atoms with E-state index in [1.165, 1.54) is 0 Å². The fraction of sp³-hybridized carbons (Fsp3) is 0.500. The number of rotatable bonds is 3. The van der Waals surface area contributed by atoms with Gasteiger partial charge in [0.25, 0.3) is 0 Å². The molecule has 0 spiro atoms. The predicted molar refractivity (Wildman–Crippen MR) is 72.9 cm³/mol. The molecule has 1 heterocycles. The van der Waals surface area contributed by atoms with Crippen molar-refractivity contribution in [3.8, 4) is 0 Å². The first-order chi connectivity index (χ1) is 8.43. The van der Waals surface area contributed by atoms with E-state index in [9.17, 15) is 8.42 Å². The Labute approximate surface area is 116 Å². The molecular weight excluding hydrogens is 318 g/mol. The molecule has 1 aliphatic rings. The third kappa shape index (κ3) is 3.12. The Morgan fingerprint density at radius 2 is 2.11 bits per heavy atom. The summed E-state index contributed by atoms with van der Waals surface area (Å²) in [6, 6.07) is 6.79. The molecule has 1 N–H and O–H groups in total. The molecule has 1 aromatic rings. The Balaban J connectivity index is 2.25. The third-order valence-corrected chi connectivity index (χ3v) is 5.60. The zero-order valence-corrected chi connectivity index (χ0v) is 12.6. The summed E-state index contributed by atoms with van der Waals surface area (Å²) in [5, 5.41) is 0. The van der Waals surface area contributed by atoms with Crippen molar-refractivity contribution < 1.29 is 13.2 Å². The number of hydrogen-bond donors (Lipinski definition) is 1. The van der Waals surface area contributed by atoms with Crippen molar-refractivity contribution in [1.82, 2.24) is 4.72 Å². The summed E-state index contributed by atoms with van der Waals surface area (Å²) < 4.78 is 33.3. The van der Waals surface area contributed by atoms with Gasteiger partial charge in [0.15, 0.2) is 0 Å². The molecule has 100 valence electrons. The zero-order valence-electron chi connectivity index (χ0n) is 10.1. The molecule has 1 aromatic carbocycles. The van der Waals surface area contributed by atoms with E-state index >= 15 is 0 Å². The first kappa shape index (κ1) is 14.0. The van der Waals surface area contributed by atoms with Crippen LogP contribution in [0.15, 0.2) is 33.6 Å². The second-order valence-corrected chi connectivity index (χ2v) is 7.26. The number of nitrogens with one attached hydrogen (secondary N) is 1. The second-order valence-electron chi connectivity index (χ2n) is 4.75. The third-order valence-electron chi connectivity index (χ3n) is 2.94. The van der Waals surface area contributed by atoms with Gasteiger partial charge < -0.3 is 4.74 Å². The molecule has 2 rings (SSSR count). The molecule has 0 aromatic heterocycles. The smallest absolute Gasteiger partial charge is 0.242 e. The van der Waals surface area contributed by atoms with Crippen molar-refractivity contribution in [2.75, 3.05) is 13.2 Å². The van der Waals surface area contributed by atoms with Crippen molar-refractivity contribution in [2.24, 2.45) is 0 Å². The van der Waals surface area contributed by atoms with Crippen molar-refractivity contribution in [1.29, 1.82) is 0 Å². The number of ether oxygens (including phenoxy) is 1. The van der Waals surface area contributed by atoms with Gasteiger partial charge in [0.1, 0.15) is 0 Å². The van der Waals surface area contributed by atoms with Gasteiger partial charge in [0.2, 0.25) is 10.0 Å². The largest absolute Gasteiger partial charge is 0.380 e. The lowest BCUT2D eigenvalue weighted by molar-refractivity contribution is 0.0386. The lowest BCUT2D eigenvalue weighted by Gasteiger charge is -2.33. The fourth-order valence-corrected chi connectivity index (χ4v) is 4.48. The van der Waals surface area contributed by atoms with E-state index in [2.05, 4.69) is 20.7 Å². The molecule has 4 nitrogen and oxygen atoms in total. The molecule has 0 amide bonds. The van der Waals surface area contributed by atoms with Crippen LogP contribution >= 0.6 is 15.9 Å². The molecule has 0 saturated carbocycles. The predicted octanol–water partition coefficient (Wildman–Crippen LogP) is 2.30. The SMILES string of the molecule is CC1(NS(=O)(=O)c2ccccc2Br)CCCOC1. The Morgan fingerprint density at radius 3 is 2.72 bits per heavy atom. The average Bonchev–Trinajstić information content (AvgIpc) is 2.28. The highest BCUT2D eigenvalue weighted by atomic mass is 79.9. The maximum Gasteiger partial charge on any atom is 0.242 e. The standard InChI is InChI=1S/C12H16BrNO3S/c1-12(7-4-8-17-9-12)14-18(15,16)11-6-3-2-5-10(11)13/h2-3,5-6,14H,4,7-9H2,1H3. The van der Waals surface area contributed by atoms with E-state index in [4.69, 9.17) is 4.74 Å². The minimum absolute atomic E-state index is 0.261. The van der Waals surface area contributed by atoms with E-state index < -0.39 is 15.6 Å². The molecule has 1 aliphatic heterocycles. The van der Waals surface area contributed by atoms with Gasteiger partial charge in [0.05, 0.1) is 17.0 Å². The number of benzene rings is 1. The van der Waals surface area contributed by atoms with Crippen LogP contribution in [0.4, 0.5) is 0 Å². The molecular formula is C12H16BrNO3S. The Morgan fingerprint density at radius 1 is 1.39 bits per heavy atom. The number of sulfonamides is 1. The van der Waals surface area contributed by atoms with Gasteiger partial charge in [-0.2, -0.15) is 0 Å². The van der Waals surface area contributed by atoms with Crippen molar-refractivity contribution in [3.05, 3.63) is 28.7 Å². The van der Waals surface area contributed by atoms with Crippen LogP contribution in [-0.2, 0) is 14.8 Å². The van der Waals surface area contributed by atoms with Gasteiger partial charge >= 0.3 is 0 Å². The summed E-state index contributed by atoms with van der Waals surface area (Å²) in [5.41, 5.74) is -0.521. The van der Waals surface area contributed by atoms with Crippen molar-refractivity contribution in [3.63, 3.8) is 0 Å². The van der Waals surface area contributed by atoms with E-state index in [1.54, 1.807) is 24.3 Å². The van der Waals surface area contributed by atoms with Crippen LogP contribution < -0.4 is 4.72 Å². The average molecular weight is 334 g/mol. The van der Waals surface area contributed by atoms with Gasteiger partial charge in [-0.05, 0) is 47.8 Å². The normalized spacial score (nSPS) is 25.0. The molecule has 6 heteroatoms. The molecule has 0 radical (unpaired) electrons. The Bertz CT molecular complexity index is 524. The molecule has 18 heavy (non-hydrogen) atoms. The quantitative estimate of drug-likeness (QED) is 0.923. The highest BCUT2D eigenvalue weighted by molar-refractivity contribution is 9.10. The van der Waals surface area contributed by atoms with Gasteiger partial charge in [-0.15, -0.1) is 0 Å². The first-order valence-corrected chi connectivity index (χ1v) is 8.07. The van der Waals surface area contributed by atoms with E-state index in [1.807, 2.05) is 6.92 Å². The molecule has 1 saturated heterocycles. The van der Waals surface area contributed by atoms with Crippen LogP contribution in [0.5, 0.6) is 0 Å². The first-order valence-electron chi connectivity index (χ1n) is 5.79. The summed E-state index contributed by atoms with van der Waals surface area (Å²) >= 11 is 3.26. The molecule has 1 fully saturated rings. The topological polar surface area (TPSA) is 55.4 Å². The van der Waals surface area contributed by atoms with Crippen LogP contribution in [0.25, 0.3) is 0 Å². The van der Waals surface area contributed by atoms with Crippen LogP contribution in [-0.4, -0.2) is 27.2 Å².